The van der Waals surface area contributed by atoms with Gasteiger partial charge >= 0.3 is 0 Å². The predicted molar refractivity (Wildman–Crippen MR) is 109 cm³/mol. The lowest BCUT2D eigenvalue weighted by Gasteiger charge is -2.03. The number of anilines is 1. The topological polar surface area (TPSA) is 63.5 Å². The number of hydrogen-bond acceptors (Lipinski definition) is 4. The molecule has 4 rings (SSSR count). The van der Waals surface area contributed by atoms with Gasteiger partial charge in [0.2, 0.25) is 0 Å². The number of amides is 1. The standard InChI is InChI=1S/C20H14ClN3O2S/c1-12-17(18(25)22-15-5-3-2-4-6-15)23-20-24(12)19(26)16(27-20)11-13-7-9-14(21)10-8-13/h2-11H,1H3,(H,22,25). The number of rotatable bonds is 3. The van der Waals surface area contributed by atoms with Crippen molar-refractivity contribution in [1.29, 1.82) is 0 Å². The van der Waals surface area contributed by atoms with Crippen molar-refractivity contribution in [1.82, 2.24) is 9.38 Å². The molecule has 1 N–H and O–H groups in total. The normalized spacial score (nSPS) is 11.9. The monoisotopic (exact) mass is 395 g/mol. The predicted octanol–water partition coefficient (Wildman–Crippen LogP) is 3.52. The first-order valence-electron chi connectivity index (χ1n) is 8.18. The van der Waals surface area contributed by atoms with E-state index in [0.717, 1.165) is 5.56 Å². The average molecular weight is 396 g/mol. The second kappa shape index (κ2) is 6.98. The van der Waals surface area contributed by atoms with Gasteiger partial charge in [0.05, 0.1) is 10.2 Å². The molecule has 0 bridgehead atoms. The zero-order valence-corrected chi connectivity index (χ0v) is 15.8. The number of hydrogen-bond donors (Lipinski definition) is 1. The maximum absolute atomic E-state index is 12.8. The van der Waals surface area contributed by atoms with Crippen molar-refractivity contribution in [2.75, 3.05) is 5.32 Å². The summed E-state index contributed by atoms with van der Waals surface area (Å²) in [5.74, 6) is -0.336. The van der Waals surface area contributed by atoms with Gasteiger partial charge in [-0.2, -0.15) is 0 Å². The third kappa shape index (κ3) is 3.37. The lowest BCUT2D eigenvalue weighted by Crippen LogP contribution is -2.24. The summed E-state index contributed by atoms with van der Waals surface area (Å²) >= 11 is 7.15. The second-order valence-electron chi connectivity index (χ2n) is 5.95. The van der Waals surface area contributed by atoms with E-state index in [0.29, 0.717) is 25.9 Å². The molecule has 134 valence electrons. The molecular weight excluding hydrogens is 382 g/mol. The molecule has 5 nitrogen and oxygen atoms in total. The number of fused-ring (bicyclic) bond motifs is 1. The number of carbonyl (C=O) groups excluding carboxylic acids is 1. The van der Waals surface area contributed by atoms with E-state index in [2.05, 4.69) is 10.3 Å². The molecule has 0 unspecified atom stereocenters. The zero-order valence-electron chi connectivity index (χ0n) is 14.3. The number of nitrogens with one attached hydrogen (secondary N) is 1. The summed E-state index contributed by atoms with van der Waals surface area (Å²) in [5, 5.41) is 3.44. The van der Waals surface area contributed by atoms with Crippen molar-refractivity contribution < 1.29 is 4.79 Å². The first-order chi connectivity index (χ1) is 13.0. The highest BCUT2D eigenvalue weighted by atomic mass is 35.5. The Morgan fingerprint density at radius 1 is 1.15 bits per heavy atom. The summed E-state index contributed by atoms with van der Waals surface area (Å²) in [7, 11) is 0. The van der Waals surface area contributed by atoms with Crippen molar-refractivity contribution in [2.24, 2.45) is 0 Å². The van der Waals surface area contributed by atoms with Crippen LogP contribution < -0.4 is 15.4 Å². The summed E-state index contributed by atoms with van der Waals surface area (Å²) in [4.78, 5) is 30.1. The van der Waals surface area contributed by atoms with E-state index < -0.39 is 0 Å². The minimum absolute atomic E-state index is 0.186. The lowest BCUT2D eigenvalue weighted by atomic mass is 10.2. The highest BCUT2D eigenvalue weighted by molar-refractivity contribution is 7.15. The van der Waals surface area contributed by atoms with E-state index in [4.69, 9.17) is 11.6 Å². The van der Waals surface area contributed by atoms with Crippen LogP contribution in [0.25, 0.3) is 11.0 Å². The highest BCUT2D eigenvalue weighted by Gasteiger charge is 2.19. The van der Waals surface area contributed by atoms with Crippen molar-refractivity contribution >= 4 is 45.6 Å². The molecule has 0 spiro atoms. The molecule has 4 aromatic rings. The molecule has 27 heavy (non-hydrogen) atoms. The minimum atomic E-state index is -0.336. The Morgan fingerprint density at radius 2 is 1.85 bits per heavy atom. The van der Waals surface area contributed by atoms with Crippen molar-refractivity contribution in [2.45, 2.75) is 6.92 Å². The van der Waals surface area contributed by atoms with Gasteiger partial charge in [-0.25, -0.2) is 4.98 Å². The Hall–Kier alpha value is -2.96. The first-order valence-corrected chi connectivity index (χ1v) is 9.38. The smallest absolute Gasteiger partial charge is 0.276 e. The molecule has 1 amide bonds. The molecule has 0 radical (unpaired) electrons. The van der Waals surface area contributed by atoms with E-state index in [-0.39, 0.29) is 17.2 Å². The van der Waals surface area contributed by atoms with Gasteiger partial charge in [0.15, 0.2) is 10.7 Å². The van der Waals surface area contributed by atoms with Gasteiger partial charge < -0.3 is 5.32 Å². The van der Waals surface area contributed by atoms with E-state index in [1.54, 1.807) is 37.3 Å². The van der Waals surface area contributed by atoms with Gasteiger partial charge in [0.1, 0.15) is 0 Å². The van der Waals surface area contributed by atoms with Gasteiger partial charge in [-0.05, 0) is 42.8 Å². The van der Waals surface area contributed by atoms with E-state index in [1.807, 2.05) is 30.3 Å². The number of nitrogens with zero attached hydrogens (tertiary/aromatic N) is 2. The maximum Gasteiger partial charge on any atom is 0.276 e. The van der Waals surface area contributed by atoms with Crippen LogP contribution in [-0.2, 0) is 0 Å². The molecular formula is C20H14ClN3O2S. The van der Waals surface area contributed by atoms with E-state index in [9.17, 15) is 9.59 Å². The minimum Gasteiger partial charge on any atom is -0.321 e. The molecule has 0 aliphatic carbocycles. The quantitative estimate of drug-likeness (QED) is 0.577. The number of benzene rings is 2. The molecule has 2 heterocycles. The third-order valence-corrected chi connectivity index (χ3v) is 5.33. The molecule has 0 saturated heterocycles. The van der Waals surface area contributed by atoms with Gasteiger partial charge in [-0.1, -0.05) is 53.3 Å². The molecule has 0 atom stereocenters. The van der Waals surface area contributed by atoms with E-state index in [1.165, 1.54) is 15.7 Å². The Kier molecular flexibility index (Phi) is 4.51. The summed E-state index contributed by atoms with van der Waals surface area (Å²) in [6.07, 6.45) is 1.79. The molecule has 2 aromatic carbocycles. The van der Waals surface area contributed by atoms with Gasteiger partial charge in [-0.3, -0.25) is 14.0 Å². The van der Waals surface area contributed by atoms with Crippen LogP contribution in [0.2, 0.25) is 5.02 Å². The highest BCUT2D eigenvalue weighted by Crippen LogP contribution is 2.15. The summed E-state index contributed by atoms with van der Waals surface area (Å²) in [5.41, 5.74) is 2.14. The maximum atomic E-state index is 12.8. The van der Waals surface area contributed by atoms with Gasteiger partial charge in [0.25, 0.3) is 11.5 Å². The second-order valence-corrected chi connectivity index (χ2v) is 7.40. The lowest BCUT2D eigenvalue weighted by molar-refractivity contribution is 0.102. The number of halogens is 1. The van der Waals surface area contributed by atoms with Crippen LogP contribution in [0.15, 0.2) is 59.4 Å². The van der Waals surface area contributed by atoms with Crippen molar-refractivity contribution in [3.8, 4) is 0 Å². The Labute approximate surface area is 163 Å². The SMILES string of the molecule is Cc1c(C(=O)Nc2ccccc2)nc2sc(=Cc3ccc(Cl)cc3)c(=O)n12. The number of aromatic nitrogens is 2. The van der Waals surface area contributed by atoms with Gasteiger partial charge in [0, 0.05) is 10.7 Å². The Morgan fingerprint density at radius 3 is 2.52 bits per heavy atom. The third-order valence-electron chi connectivity index (χ3n) is 4.11. The Bertz CT molecular complexity index is 1240. The fourth-order valence-corrected chi connectivity index (χ4v) is 3.91. The Balaban J connectivity index is 1.72. The average Bonchev–Trinajstić information content (AvgIpc) is 3.15. The fraction of sp³-hybridized carbons (Fsp3) is 0.0500. The molecule has 2 aromatic heterocycles. The van der Waals surface area contributed by atoms with Crippen molar-refractivity contribution in [3.63, 3.8) is 0 Å². The molecule has 0 aliphatic heterocycles. The van der Waals surface area contributed by atoms with Crippen LogP contribution in [-0.4, -0.2) is 15.3 Å². The largest absolute Gasteiger partial charge is 0.321 e. The molecule has 7 heteroatoms. The van der Waals surface area contributed by atoms with Crippen LogP contribution in [0.1, 0.15) is 21.7 Å². The van der Waals surface area contributed by atoms with Crippen LogP contribution in [0.3, 0.4) is 0 Å². The van der Waals surface area contributed by atoms with Crippen LogP contribution >= 0.6 is 22.9 Å². The summed E-state index contributed by atoms with van der Waals surface area (Å²) < 4.78 is 2.03. The van der Waals surface area contributed by atoms with Crippen LogP contribution in [0, 0.1) is 6.92 Å². The van der Waals surface area contributed by atoms with Crippen LogP contribution in [0.4, 0.5) is 5.69 Å². The number of imidazole rings is 1. The number of thiazole rings is 1. The molecule has 0 saturated carbocycles. The zero-order chi connectivity index (χ0) is 19.0. The molecule has 0 aliphatic rings. The van der Waals surface area contributed by atoms with Crippen molar-refractivity contribution in [3.05, 3.63) is 91.5 Å². The van der Waals surface area contributed by atoms with Crippen LogP contribution in [0.5, 0.6) is 0 Å². The summed E-state index contributed by atoms with van der Waals surface area (Å²) in [6.45, 7) is 1.72. The van der Waals surface area contributed by atoms with E-state index >= 15 is 0 Å². The summed E-state index contributed by atoms with van der Waals surface area (Å²) in [6, 6.07) is 16.4. The fourth-order valence-electron chi connectivity index (χ4n) is 2.76. The first kappa shape index (κ1) is 17.5. The molecule has 0 fully saturated rings. The van der Waals surface area contributed by atoms with Gasteiger partial charge in [-0.15, -0.1) is 0 Å². The number of aryl methyl sites for hydroxylation is 1. The number of carbonyl (C=O) groups is 1. The number of para-hydroxylation sites is 1.